The van der Waals surface area contributed by atoms with E-state index in [2.05, 4.69) is 20.9 Å². The number of benzene rings is 1. The Labute approximate surface area is 112 Å². The van der Waals surface area contributed by atoms with E-state index in [4.69, 9.17) is 0 Å². The summed E-state index contributed by atoms with van der Waals surface area (Å²) in [5.41, 5.74) is 1.08. The van der Waals surface area contributed by atoms with Gasteiger partial charge in [-0.1, -0.05) is 0 Å². The summed E-state index contributed by atoms with van der Waals surface area (Å²) in [4.78, 5) is 17.6. The lowest BCUT2D eigenvalue weighted by Crippen LogP contribution is -2.26. The van der Waals surface area contributed by atoms with Crippen LogP contribution in [0, 0.1) is 5.82 Å². The summed E-state index contributed by atoms with van der Waals surface area (Å²) in [6.07, 6.45) is 3.23. The highest BCUT2D eigenvalue weighted by atomic mass is 79.9. The lowest BCUT2D eigenvalue weighted by atomic mass is 10.2. The van der Waals surface area contributed by atoms with Crippen molar-refractivity contribution in [1.82, 2.24) is 4.98 Å². The van der Waals surface area contributed by atoms with Crippen molar-refractivity contribution in [3.63, 3.8) is 0 Å². The predicted molar refractivity (Wildman–Crippen MR) is 71.1 cm³/mol. The second-order valence-corrected chi connectivity index (χ2v) is 4.55. The van der Waals surface area contributed by atoms with Crippen LogP contribution in [0.3, 0.4) is 0 Å². The van der Waals surface area contributed by atoms with Crippen LogP contribution in [0.1, 0.15) is 10.4 Å². The molecule has 0 unspecified atom stereocenters. The van der Waals surface area contributed by atoms with Crippen LogP contribution < -0.4 is 4.90 Å². The minimum atomic E-state index is -0.387. The molecular weight excluding hydrogens is 299 g/mol. The number of aromatic nitrogens is 1. The van der Waals surface area contributed by atoms with Gasteiger partial charge in [0.1, 0.15) is 5.82 Å². The van der Waals surface area contributed by atoms with E-state index < -0.39 is 0 Å². The number of hydrogen-bond donors (Lipinski definition) is 0. The van der Waals surface area contributed by atoms with Crippen LogP contribution in [0.25, 0.3) is 0 Å². The Bertz CT molecular complexity index is 574. The minimum absolute atomic E-state index is 0.227. The summed E-state index contributed by atoms with van der Waals surface area (Å²) < 4.78 is 13.4. The molecule has 0 aliphatic carbocycles. The number of anilines is 1. The number of carbonyl (C=O) groups excluding carboxylic acids is 1. The van der Waals surface area contributed by atoms with E-state index in [1.54, 1.807) is 31.6 Å². The lowest BCUT2D eigenvalue weighted by molar-refractivity contribution is 0.0992. The fourth-order valence-electron chi connectivity index (χ4n) is 1.51. The first-order valence-electron chi connectivity index (χ1n) is 5.22. The zero-order valence-electron chi connectivity index (χ0n) is 9.60. The first-order chi connectivity index (χ1) is 8.59. The van der Waals surface area contributed by atoms with Gasteiger partial charge < -0.3 is 4.90 Å². The molecule has 2 rings (SSSR count). The minimum Gasteiger partial charge on any atom is -0.310 e. The van der Waals surface area contributed by atoms with Crippen LogP contribution >= 0.6 is 15.9 Å². The molecule has 1 aromatic heterocycles. The quantitative estimate of drug-likeness (QED) is 0.853. The summed E-state index contributed by atoms with van der Waals surface area (Å²) in [5, 5.41) is 0. The number of pyridine rings is 1. The molecule has 0 radical (unpaired) electrons. The molecule has 18 heavy (non-hydrogen) atoms. The van der Waals surface area contributed by atoms with Gasteiger partial charge in [-0.2, -0.15) is 0 Å². The third-order valence-electron chi connectivity index (χ3n) is 2.50. The van der Waals surface area contributed by atoms with Crippen LogP contribution in [0.2, 0.25) is 0 Å². The SMILES string of the molecule is CN(C(=O)c1ccc(F)cc1Br)c1cccnc1. The molecule has 0 aliphatic heterocycles. The highest BCUT2D eigenvalue weighted by Gasteiger charge is 2.16. The van der Waals surface area contributed by atoms with Crippen LogP contribution in [-0.4, -0.2) is 17.9 Å². The summed E-state index contributed by atoms with van der Waals surface area (Å²) in [7, 11) is 1.65. The van der Waals surface area contributed by atoms with Gasteiger partial charge in [0.2, 0.25) is 0 Å². The molecule has 0 bridgehead atoms. The molecule has 0 spiro atoms. The third kappa shape index (κ3) is 2.56. The summed E-state index contributed by atoms with van der Waals surface area (Å²) in [5.74, 6) is -0.614. The average Bonchev–Trinajstić information content (AvgIpc) is 2.38. The number of carbonyl (C=O) groups is 1. The van der Waals surface area contributed by atoms with Gasteiger partial charge in [-0.3, -0.25) is 9.78 Å². The van der Waals surface area contributed by atoms with Gasteiger partial charge in [0.05, 0.1) is 17.4 Å². The molecule has 1 amide bonds. The molecule has 1 heterocycles. The maximum Gasteiger partial charge on any atom is 0.259 e. The second-order valence-electron chi connectivity index (χ2n) is 3.70. The Balaban J connectivity index is 2.32. The Hall–Kier alpha value is -1.75. The van der Waals surface area contributed by atoms with E-state index in [1.807, 2.05) is 0 Å². The highest BCUT2D eigenvalue weighted by Crippen LogP contribution is 2.21. The van der Waals surface area contributed by atoms with Gasteiger partial charge in [0.15, 0.2) is 0 Å². The molecule has 0 saturated heterocycles. The van der Waals surface area contributed by atoms with Crippen molar-refractivity contribution in [3.05, 3.63) is 58.6 Å². The van der Waals surface area contributed by atoms with Crippen molar-refractivity contribution < 1.29 is 9.18 Å². The topological polar surface area (TPSA) is 33.2 Å². The molecule has 0 N–H and O–H groups in total. The number of amides is 1. The van der Waals surface area contributed by atoms with Crippen LogP contribution in [-0.2, 0) is 0 Å². The van der Waals surface area contributed by atoms with Crippen molar-refractivity contribution in [2.45, 2.75) is 0 Å². The number of rotatable bonds is 2. The molecule has 0 fully saturated rings. The van der Waals surface area contributed by atoms with E-state index in [1.165, 1.54) is 23.1 Å². The molecule has 2 aromatic rings. The van der Waals surface area contributed by atoms with E-state index >= 15 is 0 Å². The maximum atomic E-state index is 13.0. The average molecular weight is 309 g/mol. The summed E-state index contributed by atoms with van der Waals surface area (Å²) in [6.45, 7) is 0. The first-order valence-corrected chi connectivity index (χ1v) is 6.02. The third-order valence-corrected chi connectivity index (χ3v) is 3.16. The molecule has 5 heteroatoms. The van der Waals surface area contributed by atoms with Crippen LogP contribution in [0.4, 0.5) is 10.1 Å². The van der Waals surface area contributed by atoms with Crippen LogP contribution in [0.5, 0.6) is 0 Å². The Morgan fingerprint density at radius 1 is 1.39 bits per heavy atom. The van der Waals surface area contributed by atoms with Crippen molar-refractivity contribution >= 4 is 27.5 Å². The van der Waals surface area contributed by atoms with Crippen molar-refractivity contribution in [2.75, 3.05) is 11.9 Å². The lowest BCUT2D eigenvalue weighted by Gasteiger charge is -2.17. The zero-order chi connectivity index (χ0) is 13.1. The molecule has 0 atom stereocenters. The van der Waals surface area contributed by atoms with E-state index in [-0.39, 0.29) is 11.7 Å². The standard InChI is InChI=1S/C13H10BrFN2O/c1-17(10-3-2-6-16-8-10)13(18)11-5-4-9(15)7-12(11)14/h2-8H,1H3. The molecule has 1 aromatic carbocycles. The smallest absolute Gasteiger partial charge is 0.259 e. The van der Waals surface area contributed by atoms with Gasteiger partial charge in [0.25, 0.3) is 5.91 Å². The van der Waals surface area contributed by atoms with Gasteiger partial charge in [-0.25, -0.2) is 4.39 Å². The molecule has 0 saturated carbocycles. The number of nitrogens with zero attached hydrogens (tertiary/aromatic N) is 2. The fourth-order valence-corrected chi connectivity index (χ4v) is 2.03. The largest absolute Gasteiger partial charge is 0.310 e. The zero-order valence-corrected chi connectivity index (χ0v) is 11.2. The maximum absolute atomic E-state index is 13.0. The summed E-state index contributed by atoms with van der Waals surface area (Å²) in [6, 6.07) is 7.51. The molecule has 0 aliphatic rings. The monoisotopic (exact) mass is 308 g/mol. The Kier molecular flexibility index (Phi) is 3.72. The van der Waals surface area contributed by atoms with Crippen molar-refractivity contribution in [3.8, 4) is 0 Å². The molecule has 92 valence electrons. The first kappa shape index (κ1) is 12.7. The second kappa shape index (κ2) is 5.27. The van der Waals surface area contributed by atoms with Crippen LogP contribution in [0.15, 0.2) is 47.2 Å². The number of halogens is 2. The Morgan fingerprint density at radius 3 is 2.78 bits per heavy atom. The van der Waals surface area contributed by atoms with E-state index in [0.717, 1.165) is 0 Å². The van der Waals surface area contributed by atoms with Gasteiger partial charge >= 0.3 is 0 Å². The van der Waals surface area contributed by atoms with E-state index in [9.17, 15) is 9.18 Å². The van der Waals surface area contributed by atoms with Gasteiger partial charge in [-0.15, -0.1) is 0 Å². The highest BCUT2D eigenvalue weighted by molar-refractivity contribution is 9.10. The molecule has 3 nitrogen and oxygen atoms in total. The van der Waals surface area contributed by atoms with E-state index in [0.29, 0.717) is 15.7 Å². The summed E-state index contributed by atoms with van der Waals surface area (Å²) >= 11 is 3.19. The Morgan fingerprint density at radius 2 is 2.17 bits per heavy atom. The van der Waals surface area contributed by atoms with Gasteiger partial charge in [-0.05, 0) is 46.3 Å². The van der Waals surface area contributed by atoms with Gasteiger partial charge in [0, 0.05) is 17.7 Å². The van der Waals surface area contributed by atoms with Crippen molar-refractivity contribution in [1.29, 1.82) is 0 Å². The molecular formula is C13H10BrFN2O. The predicted octanol–water partition coefficient (Wildman–Crippen LogP) is 3.26. The number of hydrogen-bond acceptors (Lipinski definition) is 2. The fraction of sp³-hybridized carbons (Fsp3) is 0.0769. The normalized spacial score (nSPS) is 10.2. The van der Waals surface area contributed by atoms with Crippen molar-refractivity contribution in [2.24, 2.45) is 0 Å².